The van der Waals surface area contributed by atoms with Crippen LogP contribution in [0.3, 0.4) is 0 Å². The fourth-order valence-corrected chi connectivity index (χ4v) is 4.00. The van der Waals surface area contributed by atoms with Gasteiger partial charge >= 0.3 is 0 Å². The van der Waals surface area contributed by atoms with E-state index in [1.807, 2.05) is 37.3 Å². The number of nitrogens with one attached hydrogen (secondary N) is 1. The molecule has 0 radical (unpaired) electrons. The Balaban J connectivity index is 1.54. The highest BCUT2D eigenvalue weighted by Gasteiger charge is 2.30. The van der Waals surface area contributed by atoms with Crippen molar-refractivity contribution in [3.8, 4) is 11.5 Å². The van der Waals surface area contributed by atoms with Crippen LogP contribution < -0.4 is 14.8 Å². The number of amides is 2. The molecule has 0 bridgehead atoms. The van der Waals surface area contributed by atoms with Gasteiger partial charge in [0.15, 0.2) is 6.10 Å². The van der Waals surface area contributed by atoms with Gasteiger partial charge in [0.1, 0.15) is 17.3 Å². The Bertz CT molecular complexity index is 1180. The highest BCUT2D eigenvalue weighted by molar-refractivity contribution is 6.04. The molecule has 3 aromatic carbocycles. The third-order valence-electron chi connectivity index (χ3n) is 5.86. The topological polar surface area (TPSA) is 67.9 Å². The molecule has 0 saturated heterocycles. The average Bonchev–Trinajstić information content (AvgIpc) is 2.99. The van der Waals surface area contributed by atoms with Crippen molar-refractivity contribution >= 4 is 17.5 Å². The summed E-state index contributed by atoms with van der Waals surface area (Å²) in [5, 5.41) is 2.84. The Kier molecular flexibility index (Phi) is 7.11. The maximum atomic E-state index is 13.2. The van der Waals surface area contributed by atoms with Crippen LogP contribution in [0.15, 0.2) is 66.7 Å². The predicted molar refractivity (Wildman–Crippen MR) is 128 cm³/mol. The zero-order valence-corrected chi connectivity index (χ0v) is 19.2. The van der Waals surface area contributed by atoms with E-state index in [0.29, 0.717) is 42.9 Å². The number of para-hydroxylation sites is 1. The van der Waals surface area contributed by atoms with Crippen molar-refractivity contribution in [2.45, 2.75) is 32.4 Å². The van der Waals surface area contributed by atoms with Crippen LogP contribution in [0.4, 0.5) is 10.1 Å². The summed E-state index contributed by atoms with van der Waals surface area (Å²) < 4.78 is 24.6. The summed E-state index contributed by atoms with van der Waals surface area (Å²) >= 11 is 0. The monoisotopic (exact) mass is 462 g/mol. The maximum Gasteiger partial charge on any atom is 0.263 e. The molecular weight excluding hydrogens is 435 g/mol. The van der Waals surface area contributed by atoms with Crippen molar-refractivity contribution < 1.29 is 23.5 Å². The van der Waals surface area contributed by atoms with Crippen LogP contribution in [0.2, 0.25) is 0 Å². The van der Waals surface area contributed by atoms with E-state index in [0.717, 1.165) is 16.9 Å². The van der Waals surface area contributed by atoms with E-state index in [4.69, 9.17) is 9.47 Å². The first-order valence-electron chi connectivity index (χ1n) is 11.3. The van der Waals surface area contributed by atoms with Crippen LogP contribution in [-0.2, 0) is 17.8 Å². The number of nitrogens with zero attached hydrogens (tertiary/aromatic N) is 1. The van der Waals surface area contributed by atoms with Gasteiger partial charge in [-0.15, -0.1) is 0 Å². The number of ether oxygens (including phenoxy) is 2. The average molecular weight is 463 g/mol. The number of halogens is 1. The van der Waals surface area contributed by atoms with E-state index in [9.17, 15) is 14.0 Å². The van der Waals surface area contributed by atoms with Crippen molar-refractivity contribution in [3.63, 3.8) is 0 Å². The number of anilines is 1. The number of carbonyl (C=O) groups excluding carboxylic acids is 2. The summed E-state index contributed by atoms with van der Waals surface area (Å²) in [5.41, 5.74) is 2.76. The van der Waals surface area contributed by atoms with Gasteiger partial charge in [-0.25, -0.2) is 4.39 Å². The first-order valence-corrected chi connectivity index (χ1v) is 11.3. The minimum absolute atomic E-state index is 0.0644. The predicted octanol–water partition coefficient (Wildman–Crippen LogP) is 4.83. The van der Waals surface area contributed by atoms with Crippen molar-refractivity contribution in [2.75, 3.05) is 19.0 Å². The molecule has 176 valence electrons. The third kappa shape index (κ3) is 5.20. The Morgan fingerprint density at radius 2 is 1.91 bits per heavy atom. The normalized spacial score (nSPS) is 15.2. The number of hydrogen-bond acceptors (Lipinski definition) is 4. The van der Waals surface area contributed by atoms with Crippen LogP contribution in [-0.4, -0.2) is 36.5 Å². The van der Waals surface area contributed by atoms with Gasteiger partial charge in [-0.05, 0) is 66.9 Å². The van der Waals surface area contributed by atoms with Gasteiger partial charge in [-0.3, -0.25) is 9.59 Å². The van der Waals surface area contributed by atoms with Crippen LogP contribution in [0.5, 0.6) is 11.5 Å². The summed E-state index contributed by atoms with van der Waals surface area (Å²) in [4.78, 5) is 27.5. The van der Waals surface area contributed by atoms with E-state index in [1.54, 1.807) is 24.1 Å². The lowest BCUT2D eigenvalue weighted by Crippen LogP contribution is -2.40. The van der Waals surface area contributed by atoms with Gasteiger partial charge in [0, 0.05) is 29.9 Å². The third-order valence-corrected chi connectivity index (χ3v) is 5.86. The number of hydrogen-bond donors (Lipinski definition) is 1. The van der Waals surface area contributed by atoms with Gasteiger partial charge in [-0.1, -0.05) is 25.1 Å². The molecule has 0 unspecified atom stereocenters. The number of fused-ring (bicyclic) bond motifs is 1. The Labute approximate surface area is 198 Å². The van der Waals surface area contributed by atoms with Gasteiger partial charge in [0.05, 0.1) is 7.11 Å². The fraction of sp³-hybridized carbons (Fsp3) is 0.259. The van der Waals surface area contributed by atoms with Gasteiger partial charge < -0.3 is 19.7 Å². The molecule has 1 N–H and O–H groups in total. The van der Waals surface area contributed by atoms with Crippen molar-refractivity contribution in [3.05, 3.63) is 89.2 Å². The molecule has 1 heterocycles. The Hall–Kier alpha value is -3.87. The van der Waals surface area contributed by atoms with E-state index in [-0.39, 0.29) is 11.8 Å². The molecule has 0 saturated carbocycles. The molecule has 6 nitrogen and oxygen atoms in total. The van der Waals surface area contributed by atoms with Crippen LogP contribution in [0.25, 0.3) is 0 Å². The highest BCUT2D eigenvalue weighted by Crippen LogP contribution is 2.30. The van der Waals surface area contributed by atoms with E-state index >= 15 is 0 Å². The van der Waals surface area contributed by atoms with Crippen molar-refractivity contribution in [1.29, 1.82) is 0 Å². The second kappa shape index (κ2) is 10.4. The molecule has 2 amide bonds. The molecule has 1 aliphatic heterocycles. The minimum Gasteiger partial charge on any atom is -0.496 e. The van der Waals surface area contributed by atoms with Crippen LogP contribution in [0, 0.1) is 5.82 Å². The second-order valence-electron chi connectivity index (χ2n) is 8.12. The molecule has 1 aliphatic rings. The minimum atomic E-state index is -0.571. The zero-order valence-electron chi connectivity index (χ0n) is 19.2. The standard InChI is InChI=1S/C27H27FN2O4/c1-3-23-27(32)30(15-14-18-6-4-5-7-24(18)33-2)17-20-16-22(12-13-25(20)34-23)29-26(31)19-8-10-21(28)11-9-19/h4-13,16,23H,3,14-15,17H2,1-2H3,(H,29,31)/t23-/m1/s1. The molecule has 0 spiro atoms. The van der Waals surface area contributed by atoms with Crippen LogP contribution >= 0.6 is 0 Å². The highest BCUT2D eigenvalue weighted by atomic mass is 19.1. The van der Waals surface area contributed by atoms with Crippen LogP contribution in [0.1, 0.15) is 34.8 Å². The van der Waals surface area contributed by atoms with E-state index < -0.39 is 11.9 Å². The zero-order chi connectivity index (χ0) is 24.1. The largest absolute Gasteiger partial charge is 0.496 e. The van der Waals surface area contributed by atoms with Gasteiger partial charge in [-0.2, -0.15) is 0 Å². The number of carbonyl (C=O) groups is 2. The summed E-state index contributed by atoms with van der Waals surface area (Å²) in [7, 11) is 1.63. The Morgan fingerprint density at radius 3 is 2.65 bits per heavy atom. The molecule has 3 aromatic rings. The first kappa shape index (κ1) is 23.3. The van der Waals surface area contributed by atoms with E-state index in [2.05, 4.69) is 5.32 Å². The first-order chi connectivity index (χ1) is 16.5. The second-order valence-corrected chi connectivity index (χ2v) is 8.12. The number of methoxy groups -OCH3 is 1. The molecule has 7 heteroatoms. The lowest BCUT2D eigenvalue weighted by molar-refractivity contribution is -0.138. The smallest absolute Gasteiger partial charge is 0.263 e. The molecular formula is C27H27FN2O4. The van der Waals surface area contributed by atoms with Gasteiger partial charge in [0.2, 0.25) is 0 Å². The van der Waals surface area contributed by atoms with Crippen molar-refractivity contribution in [2.24, 2.45) is 0 Å². The van der Waals surface area contributed by atoms with Crippen molar-refractivity contribution in [1.82, 2.24) is 4.90 Å². The molecule has 34 heavy (non-hydrogen) atoms. The quantitative estimate of drug-likeness (QED) is 0.546. The molecule has 0 aromatic heterocycles. The van der Waals surface area contributed by atoms with E-state index in [1.165, 1.54) is 24.3 Å². The SMILES string of the molecule is CC[C@H]1Oc2ccc(NC(=O)c3ccc(F)cc3)cc2CN(CCc2ccccc2OC)C1=O. The summed E-state index contributed by atoms with van der Waals surface area (Å²) in [6.07, 6.45) is 0.619. The lowest BCUT2D eigenvalue weighted by atomic mass is 10.1. The maximum absolute atomic E-state index is 13.2. The Morgan fingerprint density at radius 1 is 1.15 bits per heavy atom. The molecule has 1 atom stereocenters. The number of rotatable bonds is 7. The summed E-state index contributed by atoms with van der Waals surface area (Å²) in [5.74, 6) is 0.608. The molecule has 0 fully saturated rings. The lowest BCUT2D eigenvalue weighted by Gasteiger charge is -2.23. The summed E-state index contributed by atoms with van der Waals surface area (Å²) in [6.45, 7) is 2.79. The van der Waals surface area contributed by atoms with Gasteiger partial charge in [0.25, 0.3) is 11.8 Å². The fourth-order valence-electron chi connectivity index (χ4n) is 4.00. The molecule has 4 rings (SSSR count). The number of benzene rings is 3. The summed E-state index contributed by atoms with van der Waals surface area (Å²) in [6, 6.07) is 18.4. The molecule has 0 aliphatic carbocycles.